The average molecular weight is 415 g/mol. The van der Waals surface area contributed by atoms with Gasteiger partial charge in [-0.1, -0.05) is 13.0 Å². The van der Waals surface area contributed by atoms with Gasteiger partial charge in [0.15, 0.2) is 0 Å². The maximum absolute atomic E-state index is 11.9. The first-order chi connectivity index (χ1) is 10.5. The molecule has 25 heavy (non-hydrogen) atoms. The fourth-order valence-corrected chi connectivity index (χ4v) is 2.33. The Labute approximate surface area is 169 Å². The number of pyridine rings is 1. The molecule has 0 radical (unpaired) electrons. The van der Waals surface area contributed by atoms with Crippen molar-refractivity contribution in [2.75, 3.05) is 38.1 Å². The zero-order chi connectivity index (χ0) is 16.1. The molecule has 0 bridgehead atoms. The van der Waals surface area contributed by atoms with E-state index in [-0.39, 0.29) is 55.1 Å². The number of anilines is 1. The normalized spacial score (nSPS) is 16.6. The van der Waals surface area contributed by atoms with Crippen LogP contribution in [0.15, 0.2) is 18.3 Å². The summed E-state index contributed by atoms with van der Waals surface area (Å²) in [5, 5.41) is 2.91. The van der Waals surface area contributed by atoms with Gasteiger partial charge in [-0.3, -0.25) is 4.79 Å². The molecule has 1 aromatic rings. The second kappa shape index (κ2) is 12.5. The van der Waals surface area contributed by atoms with Gasteiger partial charge in [-0.15, -0.1) is 37.2 Å². The maximum Gasteiger partial charge on any atom is 0.224 e. The lowest BCUT2D eigenvalue weighted by molar-refractivity contribution is -0.125. The molecule has 0 saturated carbocycles. The monoisotopic (exact) mass is 413 g/mol. The van der Waals surface area contributed by atoms with Gasteiger partial charge in [0.25, 0.3) is 0 Å². The lowest BCUT2D eigenvalue weighted by Gasteiger charge is -2.33. The Morgan fingerprint density at radius 1 is 1.20 bits per heavy atom. The highest BCUT2D eigenvalue weighted by Gasteiger charge is 2.17. The number of carbonyl (C=O) groups is 1. The van der Waals surface area contributed by atoms with Crippen LogP contribution >= 0.6 is 37.2 Å². The molecule has 0 aliphatic carbocycles. The summed E-state index contributed by atoms with van der Waals surface area (Å²) >= 11 is 0. The second-order valence-corrected chi connectivity index (χ2v) is 6.18. The highest BCUT2D eigenvalue weighted by Crippen LogP contribution is 2.13. The van der Waals surface area contributed by atoms with Crippen LogP contribution in [-0.4, -0.2) is 55.1 Å². The summed E-state index contributed by atoms with van der Waals surface area (Å²) in [5.74, 6) is 0.808. The van der Waals surface area contributed by atoms with Crippen LogP contribution in [0.25, 0.3) is 0 Å². The van der Waals surface area contributed by atoms with Gasteiger partial charge in [0, 0.05) is 50.9 Å². The van der Waals surface area contributed by atoms with Crippen molar-refractivity contribution in [3.63, 3.8) is 0 Å². The predicted molar refractivity (Wildman–Crippen MR) is 110 cm³/mol. The number of hydrogen-bond acceptors (Lipinski definition) is 5. The third-order valence-corrected chi connectivity index (χ3v) is 4.31. The van der Waals surface area contributed by atoms with Crippen LogP contribution in [0.2, 0.25) is 0 Å². The predicted octanol–water partition coefficient (Wildman–Crippen LogP) is 1.70. The number of rotatable bonds is 5. The van der Waals surface area contributed by atoms with E-state index in [1.165, 1.54) is 0 Å². The summed E-state index contributed by atoms with van der Waals surface area (Å²) in [6.45, 7) is 8.32. The van der Waals surface area contributed by atoms with E-state index in [2.05, 4.69) is 27.1 Å². The number of nitrogens with zero attached hydrogens (tertiary/aromatic N) is 3. The van der Waals surface area contributed by atoms with E-state index in [9.17, 15) is 4.79 Å². The fourth-order valence-electron chi connectivity index (χ4n) is 2.33. The van der Waals surface area contributed by atoms with Crippen LogP contribution in [0.5, 0.6) is 0 Å². The maximum atomic E-state index is 11.9. The largest absolute Gasteiger partial charge is 0.354 e. The lowest BCUT2D eigenvalue weighted by Crippen LogP contribution is -2.44. The van der Waals surface area contributed by atoms with Gasteiger partial charge in [-0.2, -0.15) is 0 Å². The molecule has 146 valence electrons. The van der Waals surface area contributed by atoms with Crippen molar-refractivity contribution in [3.05, 3.63) is 23.9 Å². The molecule has 9 heteroatoms. The van der Waals surface area contributed by atoms with E-state index >= 15 is 0 Å². The van der Waals surface area contributed by atoms with Crippen molar-refractivity contribution < 1.29 is 4.79 Å². The summed E-state index contributed by atoms with van der Waals surface area (Å²) in [7, 11) is 2.14. The first-order valence-corrected chi connectivity index (χ1v) is 7.89. The Morgan fingerprint density at radius 2 is 1.80 bits per heavy atom. The Kier molecular flexibility index (Phi) is 13.3. The summed E-state index contributed by atoms with van der Waals surface area (Å²) in [5.41, 5.74) is 6.74. The van der Waals surface area contributed by atoms with E-state index in [0.717, 1.165) is 37.6 Å². The van der Waals surface area contributed by atoms with E-state index in [4.69, 9.17) is 5.73 Å². The number of piperazine rings is 1. The lowest BCUT2D eigenvalue weighted by atomic mass is 10.0. The molecule has 1 aliphatic heterocycles. The number of amides is 1. The quantitative estimate of drug-likeness (QED) is 0.767. The third-order valence-electron chi connectivity index (χ3n) is 4.31. The standard InChI is InChI=1S/C16H27N5O.3ClH/c1-12(13(2)17)16(22)19-11-14-4-5-15(18-10-14)21-8-6-20(3)7-9-21;;;/h4-5,10,12-13H,6-9,11,17H2,1-3H3,(H,19,22);3*1H. The summed E-state index contributed by atoms with van der Waals surface area (Å²) in [6, 6.07) is 3.91. The average Bonchev–Trinajstić information content (AvgIpc) is 2.53. The molecule has 0 spiro atoms. The molecule has 3 N–H and O–H groups in total. The zero-order valence-electron chi connectivity index (χ0n) is 15.0. The molecule has 2 atom stereocenters. The van der Waals surface area contributed by atoms with Gasteiger partial charge in [0.1, 0.15) is 5.82 Å². The molecule has 6 nitrogen and oxygen atoms in total. The molecular formula is C16H30Cl3N5O. The third kappa shape index (κ3) is 7.96. The number of halogens is 3. The van der Waals surface area contributed by atoms with E-state index in [1.807, 2.05) is 32.2 Å². The van der Waals surface area contributed by atoms with Crippen LogP contribution in [0.1, 0.15) is 19.4 Å². The van der Waals surface area contributed by atoms with Crippen LogP contribution in [0.3, 0.4) is 0 Å². The zero-order valence-corrected chi connectivity index (χ0v) is 17.4. The number of hydrogen-bond donors (Lipinski definition) is 2. The minimum absolute atomic E-state index is 0. The first-order valence-electron chi connectivity index (χ1n) is 7.89. The summed E-state index contributed by atoms with van der Waals surface area (Å²) in [4.78, 5) is 21.0. The number of nitrogens with one attached hydrogen (secondary N) is 1. The number of aromatic nitrogens is 1. The Hall–Kier alpha value is -0.790. The molecule has 0 aromatic carbocycles. The molecule has 2 rings (SSSR count). The highest BCUT2D eigenvalue weighted by atomic mass is 35.5. The van der Waals surface area contributed by atoms with Gasteiger partial charge in [-0.05, 0) is 25.6 Å². The minimum atomic E-state index is -0.183. The molecule has 1 saturated heterocycles. The Morgan fingerprint density at radius 3 is 2.28 bits per heavy atom. The molecule has 2 heterocycles. The second-order valence-electron chi connectivity index (χ2n) is 6.18. The highest BCUT2D eigenvalue weighted by molar-refractivity contribution is 5.86. The molecule has 2 unspecified atom stereocenters. The van der Waals surface area contributed by atoms with Crippen LogP contribution in [-0.2, 0) is 11.3 Å². The van der Waals surface area contributed by atoms with Crippen molar-refractivity contribution >= 4 is 48.9 Å². The Balaban J connectivity index is 0. The molecule has 1 fully saturated rings. The van der Waals surface area contributed by atoms with Crippen molar-refractivity contribution in [1.82, 2.24) is 15.2 Å². The topological polar surface area (TPSA) is 74.5 Å². The number of likely N-dealkylation sites (N-methyl/N-ethyl adjacent to an activating group) is 1. The summed E-state index contributed by atoms with van der Waals surface area (Å²) < 4.78 is 0. The van der Waals surface area contributed by atoms with Gasteiger partial charge in [0.05, 0.1) is 0 Å². The number of nitrogens with two attached hydrogens (primary N) is 1. The minimum Gasteiger partial charge on any atom is -0.354 e. The van der Waals surface area contributed by atoms with Gasteiger partial charge in [-0.25, -0.2) is 4.98 Å². The Bertz CT molecular complexity index is 493. The first kappa shape index (κ1) is 26.4. The van der Waals surface area contributed by atoms with E-state index in [1.54, 1.807) is 0 Å². The van der Waals surface area contributed by atoms with Crippen molar-refractivity contribution in [2.45, 2.75) is 26.4 Å². The van der Waals surface area contributed by atoms with Crippen molar-refractivity contribution in [1.29, 1.82) is 0 Å². The van der Waals surface area contributed by atoms with Crippen LogP contribution in [0, 0.1) is 5.92 Å². The van der Waals surface area contributed by atoms with Crippen molar-refractivity contribution in [3.8, 4) is 0 Å². The number of carbonyl (C=O) groups excluding carboxylic acids is 1. The molecular weight excluding hydrogens is 385 g/mol. The van der Waals surface area contributed by atoms with Crippen molar-refractivity contribution in [2.24, 2.45) is 11.7 Å². The molecule has 1 amide bonds. The van der Waals surface area contributed by atoms with E-state index in [0.29, 0.717) is 6.54 Å². The smallest absolute Gasteiger partial charge is 0.224 e. The van der Waals surface area contributed by atoms with Crippen LogP contribution < -0.4 is 16.0 Å². The summed E-state index contributed by atoms with van der Waals surface area (Å²) in [6.07, 6.45) is 1.84. The van der Waals surface area contributed by atoms with Gasteiger partial charge in [0.2, 0.25) is 5.91 Å². The van der Waals surface area contributed by atoms with Gasteiger partial charge >= 0.3 is 0 Å². The van der Waals surface area contributed by atoms with Crippen LogP contribution in [0.4, 0.5) is 5.82 Å². The van der Waals surface area contributed by atoms with Gasteiger partial charge < -0.3 is 20.9 Å². The fraction of sp³-hybridized carbons (Fsp3) is 0.625. The SMILES string of the molecule is CC(N)C(C)C(=O)NCc1ccc(N2CCN(C)CC2)nc1.Cl.Cl.Cl. The molecule has 1 aromatic heterocycles. The molecule has 1 aliphatic rings. The van der Waals surface area contributed by atoms with E-state index < -0.39 is 0 Å².